The Kier molecular flexibility index (Phi) is 5.77. The number of aromatic nitrogens is 1. The summed E-state index contributed by atoms with van der Waals surface area (Å²) in [5, 5.41) is 22.2. The molecule has 7 nitrogen and oxygen atoms in total. The standard InChI is InChI=1S/C26H28N4O3/c1-16-17(6-5-7-23(16)30-12-3-2-4-13-30)26-29-22-14-19-18(20(15-27)25(22)33-26)8-9-21(19)28-11-10-24(31)32/h5-7,14,21,28H,2-4,8-13H2,1H3,(H,31,32)/t21-/m1/s1. The van der Waals surface area contributed by atoms with Crippen molar-refractivity contribution in [2.75, 3.05) is 24.5 Å². The number of carbonyl (C=O) groups is 1. The summed E-state index contributed by atoms with van der Waals surface area (Å²) >= 11 is 0. The number of hydrogen-bond donors (Lipinski definition) is 2. The van der Waals surface area contributed by atoms with Gasteiger partial charge in [0.15, 0.2) is 5.58 Å². The normalized spacial score (nSPS) is 17.8. The lowest BCUT2D eigenvalue weighted by Crippen LogP contribution is -2.30. The zero-order valence-corrected chi connectivity index (χ0v) is 18.9. The first-order valence-electron chi connectivity index (χ1n) is 11.7. The number of carboxylic acid groups (broad SMARTS) is 1. The lowest BCUT2D eigenvalue weighted by atomic mass is 10.0. The summed E-state index contributed by atoms with van der Waals surface area (Å²) in [6.07, 6.45) is 5.38. The van der Waals surface area contributed by atoms with Gasteiger partial charge in [-0.3, -0.25) is 4.79 Å². The fourth-order valence-corrected chi connectivity index (χ4v) is 5.28. The van der Waals surface area contributed by atoms with Gasteiger partial charge in [0, 0.05) is 36.9 Å². The lowest BCUT2D eigenvalue weighted by molar-refractivity contribution is -0.136. The number of nitrogens with zero attached hydrogens (tertiary/aromatic N) is 3. The highest BCUT2D eigenvalue weighted by Gasteiger charge is 2.29. The molecule has 170 valence electrons. The zero-order chi connectivity index (χ0) is 22.9. The Morgan fingerprint density at radius 3 is 2.91 bits per heavy atom. The van der Waals surface area contributed by atoms with Gasteiger partial charge in [0.1, 0.15) is 17.1 Å². The Balaban J connectivity index is 1.52. The Hall–Kier alpha value is -3.37. The molecular weight excluding hydrogens is 416 g/mol. The number of benzene rings is 2. The van der Waals surface area contributed by atoms with Gasteiger partial charge in [-0.25, -0.2) is 4.98 Å². The molecule has 1 atom stereocenters. The van der Waals surface area contributed by atoms with Crippen LogP contribution in [0.5, 0.6) is 0 Å². The number of oxazole rings is 1. The van der Waals surface area contributed by atoms with Crippen molar-refractivity contribution >= 4 is 22.8 Å². The molecule has 1 saturated heterocycles. The smallest absolute Gasteiger partial charge is 0.304 e. The molecule has 2 heterocycles. The van der Waals surface area contributed by atoms with Crippen LogP contribution in [0, 0.1) is 18.3 Å². The van der Waals surface area contributed by atoms with Gasteiger partial charge in [0.2, 0.25) is 5.89 Å². The minimum atomic E-state index is -0.822. The van der Waals surface area contributed by atoms with Crippen molar-refractivity contribution < 1.29 is 14.3 Å². The molecule has 2 aliphatic rings. The van der Waals surface area contributed by atoms with Crippen LogP contribution in [0.3, 0.4) is 0 Å². The van der Waals surface area contributed by atoms with Crippen LogP contribution in [0.15, 0.2) is 28.7 Å². The molecule has 0 bridgehead atoms. The molecule has 1 aliphatic carbocycles. The van der Waals surface area contributed by atoms with E-state index in [1.165, 1.54) is 24.9 Å². The maximum absolute atomic E-state index is 10.9. The number of fused-ring (bicyclic) bond motifs is 2. The summed E-state index contributed by atoms with van der Waals surface area (Å²) in [6.45, 7) is 4.65. The predicted octanol–water partition coefficient (Wildman–Crippen LogP) is 4.72. The van der Waals surface area contributed by atoms with Gasteiger partial charge >= 0.3 is 5.97 Å². The van der Waals surface area contributed by atoms with E-state index < -0.39 is 5.97 Å². The molecule has 1 aliphatic heterocycles. The summed E-state index contributed by atoms with van der Waals surface area (Å²) < 4.78 is 6.22. The van der Waals surface area contributed by atoms with Gasteiger partial charge in [-0.05, 0) is 73.9 Å². The quantitative estimate of drug-likeness (QED) is 0.567. The molecule has 1 fully saturated rings. The van der Waals surface area contributed by atoms with Crippen molar-refractivity contribution in [3.63, 3.8) is 0 Å². The van der Waals surface area contributed by atoms with Crippen molar-refractivity contribution in [1.29, 1.82) is 5.26 Å². The predicted molar refractivity (Wildman–Crippen MR) is 126 cm³/mol. The largest absolute Gasteiger partial charge is 0.481 e. The fraction of sp³-hybridized carbons (Fsp3) is 0.423. The van der Waals surface area contributed by atoms with Crippen LogP contribution in [0.4, 0.5) is 5.69 Å². The van der Waals surface area contributed by atoms with E-state index in [1.54, 1.807) is 0 Å². The first kappa shape index (κ1) is 21.5. The second kappa shape index (κ2) is 8.87. The molecule has 7 heteroatoms. The van der Waals surface area contributed by atoms with Crippen molar-refractivity contribution in [3.05, 3.63) is 46.5 Å². The molecule has 0 spiro atoms. The third-order valence-electron chi connectivity index (χ3n) is 6.96. The average Bonchev–Trinajstić information content (AvgIpc) is 3.42. The Morgan fingerprint density at radius 1 is 1.33 bits per heavy atom. The monoisotopic (exact) mass is 444 g/mol. The number of carboxylic acids is 1. The van der Waals surface area contributed by atoms with E-state index >= 15 is 0 Å². The molecule has 33 heavy (non-hydrogen) atoms. The topological polar surface area (TPSA) is 102 Å². The van der Waals surface area contributed by atoms with Gasteiger partial charge in [-0.15, -0.1) is 0 Å². The molecule has 2 aromatic carbocycles. The highest BCUT2D eigenvalue weighted by molar-refractivity contribution is 5.85. The van der Waals surface area contributed by atoms with Gasteiger partial charge < -0.3 is 19.7 Å². The van der Waals surface area contributed by atoms with Crippen LogP contribution in [-0.2, 0) is 11.2 Å². The second-order valence-corrected chi connectivity index (χ2v) is 8.98. The molecule has 1 aromatic heterocycles. The maximum Gasteiger partial charge on any atom is 0.304 e. The average molecular weight is 445 g/mol. The number of hydrogen-bond acceptors (Lipinski definition) is 6. The Labute approximate surface area is 193 Å². The Morgan fingerprint density at radius 2 is 2.15 bits per heavy atom. The van der Waals surface area contributed by atoms with E-state index in [4.69, 9.17) is 14.5 Å². The number of rotatable bonds is 6. The van der Waals surface area contributed by atoms with E-state index in [9.17, 15) is 10.1 Å². The van der Waals surface area contributed by atoms with Crippen LogP contribution in [0.2, 0.25) is 0 Å². The van der Waals surface area contributed by atoms with Gasteiger partial charge in [0.25, 0.3) is 0 Å². The van der Waals surface area contributed by atoms with Gasteiger partial charge in [0.05, 0.1) is 6.42 Å². The molecule has 3 aromatic rings. The first-order chi connectivity index (χ1) is 16.1. The summed E-state index contributed by atoms with van der Waals surface area (Å²) in [5.74, 6) is -0.283. The summed E-state index contributed by atoms with van der Waals surface area (Å²) in [7, 11) is 0. The highest BCUT2D eigenvalue weighted by atomic mass is 16.4. The molecule has 2 N–H and O–H groups in total. The van der Waals surface area contributed by atoms with Gasteiger partial charge in [-0.1, -0.05) is 6.07 Å². The summed E-state index contributed by atoms with van der Waals surface area (Å²) in [5.41, 5.74) is 7.10. The lowest BCUT2D eigenvalue weighted by Gasteiger charge is -2.30. The van der Waals surface area contributed by atoms with Gasteiger partial charge in [-0.2, -0.15) is 5.26 Å². The minimum Gasteiger partial charge on any atom is -0.481 e. The molecule has 0 amide bonds. The van der Waals surface area contributed by atoms with Crippen molar-refractivity contribution in [1.82, 2.24) is 10.3 Å². The van der Waals surface area contributed by atoms with Crippen LogP contribution >= 0.6 is 0 Å². The zero-order valence-electron chi connectivity index (χ0n) is 18.9. The number of anilines is 1. The summed E-state index contributed by atoms with van der Waals surface area (Å²) in [6, 6.07) is 10.6. The molecule has 0 radical (unpaired) electrons. The van der Waals surface area contributed by atoms with Crippen molar-refractivity contribution in [3.8, 4) is 17.5 Å². The third kappa shape index (κ3) is 3.96. The maximum atomic E-state index is 10.9. The van der Waals surface area contributed by atoms with Crippen LogP contribution in [0.1, 0.15) is 60.4 Å². The molecule has 0 unspecified atom stereocenters. The Bertz CT molecular complexity index is 1250. The number of piperidine rings is 1. The third-order valence-corrected chi connectivity index (χ3v) is 6.96. The number of nitriles is 1. The minimum absolute atomic E-state index is 0.0279. The van der Waals surface area contributed by atoms with Crippen molar-refractivity contribution in [2.45, 2.75) is 51.5 Å². The number of nitrogens with one attached hydrogen (secondary N) is 1. The number of aliphatic carboxylic acids is 1. The van der Waals surface area contributed by atoms with Crippen LogP contribution in [0.25, 0.3) is 22.6 Å². The van der Waals surface area contributed by atoms with E-state index in [-0.39, 0.29) is 12.5 Å². The summed E-state index contributed by atoms with van der Waals surface area (Å²) in [4.78, 5) is 18.1. The molecule has 0 saturated carbocycles. The first-order valence-corrected chi connectivity index (χ1v) is 11.7. The molecule has 5 rings (SSSR count). The SMILES string of the molecule is Cc1c(-c2nc3cc4c(c(C#N)c3o2)CC[C@H]4NCCC(=O)O)cccc1N1CCCCC1. The van der Waals surface area contributed by atoms with E-state index in [0.717, 1.165) is 48.2 Å². The van der Waals surface area contributed by atoms with E-state index in [1.807, 2.05) is 12.1 Å². The van der Waals surface area contributed by atoms with E-state index in [2.05, 4.69) is 35.3 Å². The highest BCUT2D eigenvalue weighted by Crippen LogP contribution is 2.40. The fourth-order valence-electron chi connectivity index (χ4n) is 5.28. The molecular formula is C26H28N4O3. The van der Waals surface area contributed by atoms with Crippen LogP contribution in [-0.4, -0.2) is 35.7 Å². The van der Waals surface area contributed by atoms with Crippen LogP contribution < -0.4 is 10.2 Å². The van der Waals surface area contributed by atoms with Crippen molar-refractivity contribution in [2.24, 2.45) is 0 Å². The second-order valence-electron chi connectivity index (χ2n) is 8.98. The van der Waals surface area contributed by atoms with E-state index in [0.29, 0.717) is 29.1 Å².